The zero-order chi connectivity index (χ0) is 9.97. The number of hydrogen-bond donors (Lipinski definition) is 1. The molecule has 0 saturated carbocycles. The summed E-state index contributed by atoms with van der Waals surface area (Å²) < 4.78 is 0. The summed E-state index contributed by atoms with van der Waals surface area (Å²) in [6.07, 6.45) is 7.56. The van der Waals surface area contributed by atoms with Crippen molar-refractivity contribution in [1.82, 2.24) is 0 Å². The molecule has 2 heteroatoms. The largest absolute Gasteiger partial charge is 0.388 e. The molecule has 0 bridgehead atoms. The molecule has 0 saturated heterocycles. The van der Waals surface area contributed by atoms with Gasteiger partial charge in [0.2, 0.25) is 0 Å². The maximum absolute atomic E-state index is 9.52. The lowest BCUT2D eigenvalue weighted by molar-refractivity contribution is 0.203. The smallest absolute Gasteiger partial charge is 0.0854 e. The summed E-state index contributed by atoms with van der Waals surface area (Å²) in [6.45, 7) is 1.86. The molecule has 0 radical (unpaired) electrons. The third-order valence-electron chi connectivity index (χ3n) is 2.93. The Kier molecular flexibility index (Phi) is 3.24. The average Bonchev–Trinajstić information content (AvgIpc) is 2.48. The average molecular weight is 210 g/mol. The zero-order valence-electron chi connectivity index (χ0n) is 8.75. The summed E-state index contributed by atoms with van der Waals surface area (Å²) in [5.41, 5.74) is 1.51. The summed E-state index contributed by atoms with van der Waals surface area (Å²) >= 11 is 1.82. The van der Waals surface area contributed by atoms with Crippen LogP contribution in [0.25, 0.3) is 0 Å². The predicted molar refractivity (Wildman–Crippen MR) is 60.8 cm³/mol. The maximum Gasteiger partial charge on any atom is 0.0854 e. The molecular formula is C12H18OS. The number of rotatable bonds is 1. The lowest BCUT2D eigenvalue weighted by atomic mass is 9.99. The highest BCUT2D eigenvalue weighted by atomic mass is 32.1. The number of aryl methyl sites for hydroxylation is 2. The van der Waals surface area contributed by atoms with Gasteiger partial charge < -0.3 is 5.11 Å². The van der Waals surface area contributed by atoms with E-state index in [9.17, 15) is 5.11 Å². The SMILES string of the molecule is CC(O)c1cc2c(s1)CCCCCC2. The summed E-state index contributed by atoms with van der Waals surface area (Å²) in [6, 6.07) is 2.22. The van der Waals surface area contributed by atoms with Gasteiger partial charge in [-0.25, -0.2) is 0 Å². The van der Waals surface area contributed by atoms with Crippen molar-refractivity contribution in [2.75, 3.05) is 0 Å². The van der Waals surface area contributed by atoms with Crippen LogP contribution in [0.1, 0.15) is 54.0 Å². The van der Waals surface area contributed by atoms with Crippen molar-refractivity contribution in [2.24, 2.45) is 0 Å². The molecule has 0 spiro atoms. The van der Waals surface area contributed by atoms with Crippen LogP contribution in [0.2, 0.25) is 0 Å². The third-order valence-corrected chi connectivity index (χ3v) is 4.33. The molecule has 0 aliphatic heterocycles. The Morgan fingerprint density at radius 2 is 1.93 bits per heavy atom. The van der Waals surface area contributed by atoms with Crippen LogP contribution in [0, 0.1) is 0 Å². The van der Waals surface area contributed by atoms with Crippen molar-refractivity contribution >= 4 is 11.3 Å². The van der Waals surface area contributed by atoms with Crippen LogP contribution < -0.4 is 0 Å². The summed E-state index contributed by atoms with van der Waals surface area (Å²) in [5, 5.41) is 9.52. The lowest BCUT2D eigenvalue weighted by Crippen LogP contribution is -1.94. The van der Waals surface area contributed by atoms with Gasteiger partial charge in [-0.15, -0.1) is 11.3 Å². The first-order chi connectivity index (χ1) is 6.77. The number of hydrogen-bond acceptors (Lipinski definition) is 2. The fourth-order valence-electron chi connectivity index (χ4n) is 2.07. The van der Waals surface area contributed by atoms with E-state index in [-0.39, 0.29) is 6.10 Å². The van der Waals surface area contributed by atoms with E-state index in [1.165, 1.54) is 49.0 Å². The molecule has 1 aliphatic carbocycles. The zero-order valence-corrected chi connectivity index (χ0v) is 9.57. The van der Waals surface area contributed by atoms with Gasteiger partial charge in [0.15, 0.2) is 0 Å². The van der Waals surface area contributed by atoms with Crippen molar-refractivity contribution in [3.05, 3.63) is 21.4 Å². The van der Waals surface area contributed by atoms with Crippen LogP contribution in [-0.2, 0) is 12.8 Å². The van der Waals surface area contributed by atoms with E-state index in [4.69, 9.17) is 0 Å². The van der Waals surface area contributed by atoms with Crippen molar-refractivity contribution in [2.45, 2.75) is 51.6 Å². The maximum atomic E-state index is 9.52. The summed E-state index contributed by atoms with van der Waals surface area (Å²) in [7, 11) is 0. The molecule has 1 aliphatic rings. The minimum Gasteiger partial charge on any atom is -0.388 e. The fourth-order valence-corrected chi connectivity index (χ4v) is 3.27. The Balaban J connectivity index is 2.23. The lowest BCUT2D eigenvalue weighted by Gasteiger charge is -2.07. The Morgan fingerprint density at radius 1 is 1.21 bits per heavy atom. The molecule has 1 atom stereocenters. The van der Waals surface area contributed by atoms with Gasteiger partial charge in [0.05, 0.1) is 6.10 Å². The van der Waals surface area contributed by atoms with Gasteiger partial charge in [-0.3, -0.25) is 0 Å². The molecule has 1 N–H and O–H groups in total. The quantitative estimate of drug-likeness (QED) is 0.752. The normalized spacial score (nSPS) is 19.6. The predicted octanol–water partition coefficient (Wildman–Crippen LogP) is 3.46. The molecule has 0 aromatic carbocycles. The van der Waals surface area contributed by atoms with E-state index >= 15 is 0 Å². The third kappa shape index (κ3) is 2.18. The Morgan fingerprint density at radius 3 is 2.64 bits per heavy atom. The highest BCUT2D eigenvalue weighted by molar-refractivity contribution is 7.12. The van der Waals surface area contributed by atoms with Gasteiger partial charge in [-0.05, 0) is 44.2 Å². The highest BCUT2D eigenvalue weighted by Gasteiger charge is 2.13. The van der Waals surface area contributed by atoms with Crippen LogP contribution in [0.15, 0.2) is 6.07 Å². The standard InChI is InChI=1S/C12H18OS/c1-9(13)12-8-10-6-4-2-3-5-7-11(10)14-12/h8-9,13H,2-7H2,1H3. The molecule has 1 nitrogen and oxygen atoms in total. The van der Waals surface area contributed by atoms with Crippen LogP contribution in [0.5, 0.6) is 0 Å². The van der Waals surface area contributed by atoms with E-state index in [0.29, 0.717) is 0 Å². The van der Waals surface area contributed by atoms with Crippen LogP contribution >= 0.6 is 11.3 Å². The second-order valence-corrected chi connectivity index (χ2v) is 5.36. The topological polar surface area (TPSA) is 20.2 Å². The Bertz CT molecular complexity index is 276. The Hall–Kier alpha value is -0.340. The van der Waals surface area contributed by atoms with Crippen molar-refractivity contribution in [3.8, 4) is 0 Å². The molecule has 1 unspecified atom stereocenters. The molecule has 1 aromatic heterocycles. The molecule has 0 amide bonds. The minimum absolute atomic E-state index is 0.284. The minimum atomic E-state index is -0.284. The number of aliphatic hydroxyl groups excluding tert-OH is 1. The molecule has 78 valence electrons. The second kappa shape index (κ2) is 4.45. The number of aliphatic hydroxyl groups is 1. The fraction of sp³-hybridized carbons (Fsp3) is 0.667. The van der Waals surface area contributed by atoms with Crippen LogP contribution in [0.4, 0.5) is 0 Å². The summed E-state index contributed by atoms with van der Waals surface area (Å²) in [4.78, 5) is 2.68. The van der Waals surface area contributed by atoms with Crippen LogP contribution in [0.3, 0.4) is 0 Å². The second-order valence-electron chi connectivity index (χ2n) is 4.19. The van der Waals surface area contributed by atoms with Gasteiger partial charge in [0, 0.05) is 9.75 Å². The first-order valence-corrected chi connectivity index (χ1v) is 6.38. The van der Waals surface area contributed by atoms with E-state index in [1.807, 2.05) is 18.3 Å². The van der Waals surface area contributed by atoms with Gasteiger partial charge in [0.1, 0.15) is 0 Å². The van der Waals surface area contributed by atoms with Crippen LogP contribution in [-0.4, -0.2) is 5.11 Å². The molecule has 2 rings (SSSR count). The monoisotopic (exact) mass is 210 g/mol. The van der Waals surface area contributed by atoms with E-state index in [2.05, 4.69) is 6.07 Å². The van der Waals surface area contributed by atoms with E-state index in [1.54, 1.807) is 0 Å². The molecule has 1 heterocycles. The highest BCUT2D eigenvalue weighted by Crippen LogP contribution is 2.31. The number of fused-ring (bicyclic) bond motifs is 1. The van der Waals surface area contributed by atoms with Gasteiger partial charge in [0.25, 0.3) is 0 Å². The van der Waals surface area contributed by atoms with Crippen molar-refractivity contribution < 1.29 is 5.11 Å². The Labute approximate surface area is 89.8 Å². The molecule has 0 fully saturated rings. The number of thiophene rings is 1. The van der Waals surface area contributed by atoms with Gasteiger partial charge in [-0.2, -0.15) is 0 Å². The van der Waals surface area contributed by atoms with E-state index in [0.717, 1.165) is 4.88 Å². The first kappa shape index (κ1) is 10.2. The first-order valence-electron chi connectivity index (χ1n) is 5.57. The molecule has 14 heavy (non-hydrogen) atoms. The molecule has 1 aromatic rings. The van der Waals surface area contributed by atoms with Crippen molar-refractivity contribution in [1.29, 1.82) is 0 Å². The van der Waals surface area contributed by atoms with Gasteiger partial charge >= 0.3 is 0 Å². The van der Waals surface area contributed by atoms with Gasteiger partial charge in [-0.1, -0.05) is 12.8 Å². The van der Waals surface area contributed by atoms with E-state index < -0.39 is 0 Å². The summed E-state index contributed by atoms with van der Waals surface area (Å²) in [5.74, 6) is 0. The molecular weight excluding hydrogens is 192 g/mol. The van der Waals surface area contributed by atoms with Crippen molar-refractivity contribution in [3.63, 3.8) is 0 Å².